The second-order valence-corrected chi connectivity index (χ2v) is 7.18. The Morgan fingerprint density at radius 1 is 0.375 bits per heavy atom. The molecule has 0 aliphatic rings. The molecule has 0 spiro atoms. The molecule has 162 valence electrons. The lowest BCUT2D eigenvalue weighted by Gasteiger charge is -2.11. The van der Waals surface area contributed by atoms with E-state index in [1.807, 2.05) is 109 Å². The van der Waals surface area contributed by atoms with Crippen LogP contribution in [0.1, 0.15) is 12.8 Å². The van der Waals surface area contributed by atoms with Gasteiger partial charge in [-0.25, -0.2) is 0 Å². The molecule has 4 aromatic rings. The number of hydrogen-bond donors (Lipinski definition) is 0. The minimum Gasteiger partial charge on any atom is -0.493 e. The molecule has 32 heavy (non-hydrogen) atoms. The molecule has 0 amide bonds. The van der Waals surface area contributed by atoms with Gasteiger partial charge in [0.05, 0.1) is 13.2 Å². The van der Waals surface area contributed by atoms with Crippen molar-refractivity contribution in [3.05, 3.63) is 109 Å². The highest BCUT2D eigenvalue weighted by molar-refractivity contribution is 5.37. The maximum atomic E-state index is 5.87. The van der Waals surface area contributed by atoms with E-state index < -0.39 is 0 Å². The molecular weight excluding hydrogens is 400 g/mol. The molecule has 0 heterocycles. The Labute approximate surface area is 189 Å². The zero-order valence-electron chi connectivity index (χ0n) is 17.9. The highest BCUT2D eigenvalue weighted by Gasteiger charge is 2.02. The lowest BCUT2D eigenvalue weighted by molar-refractivity contribution is 0.265. The van der Waals surface area contributed by atoms with Crippen molar-refractivity contribution in [3.63, 3.8) is 0 Å². The van der Waals surface area contributed by atoms with Crippen LogP contribution in [0.25, 0.3) is 0 Å². The summed E-state index contributed by atoms with van der Waals surface area (Å²) in [7, 11) is 0. The van der Waals surface area contributed by atoms with Crippen molar-refractivity contribution in [2.24, 2.45) is 0 Å². The van der Waals surface area contributed by atoms with Gasteiger partial charge in [0, 0.05) is 12.1 Å². The normalized spacial score (nSPS) is 10.4. The summed E-state index contributed by atoms with van der Waals surface area (Å²) in [5.74, 6) is 4.72. The highest BCUT2D eigenvalue weighted by Crippen LogP contribution is 2.26. The first-order valence-corrected chi connectivity index (χ1v) is 10.8. The fourth-order valence-electron chi connectivity index (χ4n) is 3.09. The monoisotopic (exact) mass is 426 g/mol. The van der Waals surface area contributed by atoms with Crippen LogP contribution >= 0.6 is 0 Å². The fraction of sp³-hybridized carbons (Fsp3) is 0.143. The number of para-hydroxylation sites is 2. The van der Waals surface area contributed by atoms with E-state index in [4.69, 9.17) is 18.9 Å². The summed E-state index contributed by atoms with van der Waals surface area (Å²) in [6.45, 7) is 1.24. The highest BCUT2D eigenvalue weighted by atomic mass is 16.5. The molecule has 0 N–H and O–H groups in total. The topological polar surface area (TPSA) is 36.9 Å². The fourth-order valence-corrected chi connectivity index (χ4v) is 3.09. The molecule has 0 saturated heterocycles. The molecule has 4 aromatic carbocycles. The molecule has 0 atom stereocenters. The van der Waals surface area contributed by atoms with Crippen LogP contribution in [0.15, 0.2) is 109 Å². The van der Waals surface area contributed by atoms with Gasteiger partial charge in [-0.15, -0.1) is 0 Å². The first-order chi connectivity index (χ1) is 15.8. The summed E-state index contributed by atoms with van der Waals surface area (Å²) in [5, 5.41) is 0. The average Bonchev–Trinajstić information content (AvgIpc) is 2.83. The predicted octanol–water partition coefficient (Wildman–Crippen LogP) is 7.51. The third kappa shape index (κ3) is 6.81. The molecule has 4 rings (SSSR count). The van der Waals surface area contributed by atoms with Gasteiger partial charge in [-0.05, 0) is 61.4 Å². The lowest BCUT2D eigenvalue weighted by Crippen LogP contribution is -2.02. The van der Waals surface area contributed by atoms with Crippen LogP contribution in [0.3, 0.4) is 0 Å². The third-order valence-corrected chi connectivity index (χ3v) is 4.64. The molecule has 0 bridgehead atoms. The predicted molar refractivity (Wildman–Crippen MR) is 126 cm³/mol. The van der Waals surface area contributed by atoms with Crippen LogP contribution in [0.4, 0.5) is 0 Å². The van der Waals surface area contributed by atoms with Gasteiger partial charge in [-0.3, -0.25) is 0 Å². The average molecular weight is 427 g/mol. The van der Waals surface area contributed by atoms with E-state index in [0.29, 0.717) is 13.2 Å². The number of unbranched alkanes of at least 4 members (excludes halogenated alkanes) is 1. The van der Waals surface area contributed by atoms with E-state index in [9.17, 15) is 0 Å². The Morgan fingerprint density at radius 3 is 1.19 bits per heavy atom. The van der Waals surface area contributed by atoms with Crippen LogP contribution in [0.5, 0.6) is 34.5 Å². The summed E-state index contributed by atoms with van der Waals surface area (Å²) in [4.78, 5) is 0. The molecular formula is C28H26O4. The molecule has 0 aliphatic carbocycles. The quantitative estimate of drug-likeness (QED) is 0.233. The second-order valence-electron chi connectivity index (χ2n) is 7.18. The van der Waals surface area contributed by atoms with Crippen LogP contribution in [0.2, 0.25) is 0 Å². The summed E-state index contributed by atoms with van der Waals surface area (Å²) in [6.07, 6.45) is 1.79. The Balaban J connectivity index is 1.16. The van der Waals surface area contributed by atoms with Gasteiger partial charge in [-0.2, -0.15) is 0 Å². The minimum atomic E-state index is 0.620. The van der Waals surface area contributed by atoms with Crippen LogP contribution < -0.4 is 18.9 Å². The smallest absolute Gasteiger partial charge is 0.131 e. The Hall–Kier alpha value is -3.92. The number of hydrogen-bond acceptors (Lipinski definition) is 4. The van der Waals surface area contributed by atoms with Crippen LogP contribution in [-0.4, -0.2) is 13.2 Å². The first-order valence-electron chi connectivity index (χ1n) is 10.8. The minimum absolute atomic E-state index is 0.620. The van der Waals surface area contributed by atoms with Crippen molar-refractivity contribution >= 4 is 0 Å². The van der Waals surface area contributed by atoms with Gasteiger partial charge in [0.15, 0.2) is 0 Å². The van der Waals surface area contributed by atoms with Crippen molar-refractivity contribution in [2.45, 2.75) is 12.8 Å². The maximum Gasteiger partial charge on any atom is 0.131 e. The molecule has 0 fully saturated rings. The number of ether oxygens (including phenoxy) is 4. The van der Waals surface area contributed by atoms with E-state index in [1.54, 1.807) is 0 Å². The van der Waals surface area contributed by atoms with Crippen LogP contribution in [0, 0.1) is 0 Å². The molecule has 0 aliphatic heterocycles. The molecule has 4 heteroatoms. The summed E-state index contributed by atoms with van der Waals surface area (Å²) in [6, 6.07) is 34.8. The number of benzene rings is 4. The Bertz CT molecular complexity index is 992. The molecule has 0 unspecified atom stereocenters. The van der Waals surface area contributed by atoms with Crippen LogP contribution in [-0.2, 0) is 0 Å². The van der Waals surface area contributed by atoms with Gasteiger partial charge in [-0.1, -0.05) is 48.5 Å². The maximum absolute atomic E-state index is 5.87. The van der Waals surface area contributed by atoms with Crippen molar-refractivity contribution in [3.8, 4) is 34.5 Å². The van der Waals surface area contributed by atoms with Gasteiger partial charge in [0.1, 0.15) is 34.5 Å². The van der Waals surface area contributed by atoms with Gasteiger partial charge in [0.2, 0.25) is 0 Å². The second kappa shape index (κ2) is 11.5. The Morgan fingerprint density at radius 2 is 0.750 bits per heavy atom. The standard InChI is InChI=1S/C28H26O4/c1-3-11-23(12-4-1)31-27-17-9-15-25(21-27)29-19-7-8-20-30-26-16-10-18-28(22-26)32-24-13-5-2-6-14-24/h1-6,9-18,21-22H,7-8,19-20H2. The SMILES string of the molecule is c1ccc(Oc2cccc(OCCCCOc3cccc(Oc4ccccc4)c3)c2)cc1. The summed E-state index contributed by atoms with van der Waals surface area (Å²) < 4.78 is 23.4. The zero-order chi connectivity index (χ0) is 21.8. The molecule has 0 aromatic heterocycles. The largest absolute Gasteiger partial charge is 0.493 e. The zero-order valence-corrected chi connectivity index (χ0v) is 17.9. The van der Waals surface area contributed by atoms with Crippen molar-refractivity contribution in [2.75, 3.05) is 13.2 Å². The van der Waals surface area contributed by atoms with E-state index >= 15 is 0 Å². The van der Waals surface area contributed by atoms with Crippen molar-refractivity contribution < 1.29 is 18.9 Å². The van der Waals surface area contributed by atoms with E-state index in [2.05, 4.69) is 0 Å². The summed E-state index contributed by atoms with van der Waals surface area (Å²) >= 11 is 0. The first kappa shape index (κ1) is 21.3. The molecule has 0 saturated carbocycles. The van der Waals surface area contributed by atoms with E-state index in [1.165, 1.54) is 0 Å². The lowest BCUT2D eigenvalue weighted by atomic mass is 10.3. The Kier molecular flexibility index (Phi) is 7.64. The summed E-state index contributed by atoms with van der Waals surface area (Å²) in [5.41, 5.74) is 0. The molecule has 4 nitrogen and oxygen atoms in total. The van der Waals surface area contributed by atoms with Gasteiger partial charge >= 0.3 is 0 Å². The van der Waals surface area contributed by atoms with Crippen molar-refractivity contribution in [1.82, 2.24) is 0 Å². The van der Waals surface area contributed by atoms with Gasteiger partial charge in [0.25, 0.3) is 0 Å². The van der Waals surface area contributed by atoms with E-state index in [0.717, 1.165) is 47.3 Å². The molecule has 0 radical (unpaired) electrons. The van der Waals surface area contributed by atoms with Gasteiger partial charge < -0.3 is 18.9 Å². The van der Waals surface area contributed by atoms with E-state index in [-0.39, 0.29) is 0 Å². The number of rotatable bonds is 11. The van der Waals surface area contributed by atoms with Crippen molar-refractivity contribution in [1.29, 1.82) is 0 Å². The third-order valence-electron chi connectivity index (χ3n) is 4.64.